The minimum absolute atomic E-state index is 0.140. The van der Waals surface area contributed by atoms with E-state index in [0.29, 0.717) is 17.8 Å². The number of nitrogens with one attached hydrogen (secondary N) is 1. The van der Waals surface area contributed by atoms with Crippen LogP contribution in [0.25, 0.3) is 0 Å². The van der Waals surface area contributed by atoms with Crippen molar-refractivity contribution in [2.45, 2.75) is 20.8 Å². The minimum atomic E-state index is -0.804. The SMILES string of the molecule is Cc1cc(C)nc(N2CC3CN(c4nc(C)c(F)c(=O)[nH]4)CC3C2)n1. The first kappa shape index (κ1) is 16.0. The molecule has 0 aliphatic carbocycles. The number of aromatic amines is 1. The van der Waals surface area contributed by atoms with Crippen LogP contribution in [0.2, 0.25) is 0 Å². The molecule has 0 radical (unpaired) electrons. The summed E-state index contributed by atoms with van der Waals surface area (Å²) < 4.78 is 13.5. The van der Waals surface area contributed by atoms with E-state index in [9.17, 15) is 9.18 Å². The molecule has 0 saturated carbocycles. The molecule has 7 nitrogen and oxygen atoms in total. The highest BCUT2D eigenvalue weighted by Crippen LogP contribution is 2.34. The molecule has 2 atom stereocenters. The third kappa shape index (κ3) is 2.85. The second-order valence-corrected chi connectivity index (χ2v) is 7.07. The quantitative estimate of drug-likeness (QED) is 0.882. The fourth-order valence-corrected chi connectivity index (χ4v) is 3.88. The predicted molar refractivity (Wildman–Crippen MR) is 92.5 cm³/mol. The Kier molecular flexibility index (Phi) is 3.70. The van der Waals surface area contributed by atoms with E-state index < -0.39 is 11.4 Å². The van der Waals surface area contributed by atoms with E-state index in [2.05, 4.69) is 24.8 Å². The standard InChI is InChI=1S/C17H21FN6O/c1-9-4-10(2)20-16(19-9)23-5-12-7-24(8-13(12)6-23)17-21-11(3)14(18)15(25)22-17/h4,12-13H,5-8H2,1-3H3,(H,21,22,25). The Morgan fingerprint density at radius 2 is 1.56 bits per heavy atom. The van der Waals surface area contributed by atoms with Crippen LogP contribution >= 0.6 is 0 Å². The Balaban J connectivity index is 1.50. The maximum Gasteiger partial charge on any atom is 0.288 e. The van der Waals surface area contributed by atoms with Crippen LogP contribution in [0.15, 0.2) is 10.9 Å². The molecule has 2 saturated heterocycles. The molecule has 0 spiro atoms. The molecular weight excluding hydrogens is 323 g/mol. The highest BCUT2D eigenvalue weighted by atomic mass is 19.1. The van der Waals surface area contributed by atoms with Crippen LogP contribution in [0.1, 0.15) is 17.1 Å². The van der Waals surface area contributed by atoms with Crippen molar-refractivity contribution in [2.24, 2.45) is 11.8 Å². The van der Waals surface area contributed by atoms with Crippen LogP contribution in [0, 0.1) is 38.4 Å². The van der Waals surface area contributed by atoms with Gasteiger partial charge in [0, 0.05) is 49.4 Å². The number of anilines is 2. The zero-order valence-electron chi connectivity index (χ0n) is 14.6. The molecule has 0 bridgehead atoms. The predicted octanol–water partition coefficient (Wildman–Crippen LogP) is 1.20. The van der Waals surface area contributed by atoms with Gasteiger partial charge in [-0.25, -0.2) is 15.0 Å². The zero-order chi connectivity index (χ0) is 17.7. The summed E-state index contributed by atoms with van der Waals surface area (Å²) in [6, 6.07) is 1.97. The second-order valence-electron chi connectivity index (χ2n) is 7.07. The average molecular weight is 344 g/mol. The largest absolute Gasteiger partial charge is 0.342 e. The maximum absolute atomic E-state index is 13.5. The van der Waals surface area contributed by atoms with Crippen molar-refractivity contribution in [3.63, 3.8) is 0 Å². The van der Waals surface area contributed by atoms with Gasteiger partial charge in [-0.05, 0) is 26.8 Å². The number of hydrogen-bond donors (Lipinski definition) is 1. The number of aromatic nitrogens is 4. The van der Waals surface area contributed by atoms with E-state index in [1.165, 1.54) is 6.92 Å². The first-order valence-electron chi connectivity index (χ1n) is 8.49. The van der Waals surface area contributed by atoms with E-state index in [1.54, 1.807) is 0 Å². The number of fused-ring (bicyclic) bond motifs is 1. The third-order valence-corrected chi connectivity index (χ3v) is 5.06. The van der Waals surface area contributed by atoms with Crippen molar-refractivity contribution in [1.82, 2.24) is 19.9 Å². The summed E-state index contributed by atoms with van der Waals surface area (Å²) in [7, 11) is 0. The van der Waals surface area contributed by atoms with Gasteiger partial charge in [0.1, 0.15) is 0 Å². The van der Waals surface area contributed by atoms with Crippen LogP contribution in [-0.2, 0) is 0 Å². The summed E-state index contributed by atoms with van der Waals surface area (Å²) in [6.45, 7) is 8.83. The molecule has 1 N–H and O–H groups in total. The van der Waals surface area contributed by atoms with Gasteiger partial charge in [-0.15, -0.1) is 0 Å². The van der Waals surface area contributed by atoms with Crippen molar-refractivity contribution < 1.29 is 4.39 Å². The molecule has 2 fully saturated rings. The molecule has 4 rings (SSSR count). The van der Waals surface area contributed by atoms with Gasteiger partial charge >= 0.3 is 0 Å². The molecule has 2 aromatic heterocycles. The first-order valence-corrected chi connectivity index (χ1v) is 8.49. The lowest BCUT2D eigenvalue weighted by Crippen LogP contribution is -2.32. The van der Waals surface area contributed by atoms with Crippen molar-refractivity contribution in [2.75, 3.05) is 36.0 Å². The van der Waals surface area contributed by atoms with Crippen LogP contribution in [0.3, 0.4) is 0 Å². The fraction of sp³-hybridized carbons (Fsp3) is 0.529. The second kappa shape index (κ2) is 5.79. The topological polar surface area (TPSA) is 78.0 Å². The number of rotatable bonds is 2. The Morgan fingerprint density at radius 3 is 2.12 bits per heavy atom. The van der Waals surface area contributed by atoms with Crippen molar-refractivity contribution in [3.05, 3.63) is 39.3 Å². The number of halogens is 1. The molecule has 2 aliphatic heterocycles. The highest BCUT2D eigenvalue weighted by Gasteiger charge is 2.41. The average Bonchev–Trinajstić information content (AvgIpc) is 3.10. The maximum atomic E-state index is 13.5. The van der Waals surface area contributed by atoms with Gasteiger partial charge in [-0.2, -0.15) is 4.39 Å². The van der Waals surface area contributed by atoms with E-state index in [1.807, 2.05) is 24.8 Å². The smallest absolute Gasteiger partial charge is 0.288 e. The van der Waals surface area contributed by atoms with Crippen molar-refractivity contribution >= 4 is 11.9 Å². The highest BCUT2D eigenvalue weighted by molar-refractivity contribution is 5.39. The molecule has 4 heterocycles. The Bertz CT molecular complexity index is 848. The number of nitrogens with zero attached hydrogens (tertiary/aromatic N) is 5. The van der Waals surface area contributed by atoms with Gasteiger partial charge in [0.15, 0.2) is 0 Å². The Morgan fingerprint density at radius 1 is 1.00 bits per heavy atom. The number of hydrogen-bond acceptors (Lipinski definition) is 6. The summed E-state index contributed by atoms with van der Waals surface area (Å²) in [5, 5.41) is 0. The zero-order valence-corrected chi connectivity index (χ0v) is 14.6. The van der Waals surface area contributed by atoms with Crippen molar-refractivity contribution in [1.29, 1.82) is 0 Å². The van der Waals surface area contributed by atoms with Gasteiger partial charge in [0.25, 0.3) is 5.56 Å². The lowest BCUT2D eigenvalue weighted by atomic mass is 10.0. The van der Waals surface area contributed by atoms with E-state index in [0.717, 1.165) is 43.5 Å². The van der Waals surface area contributed by atoms with Gasteiger partial charge in [0.2, 0.25) is 17.7 Å². The molecule has 25 heavy (non-hydrogen) atoms. The first-order chi connectivity index (χ1) is 11.9. The van der Waals surface area contributed by atoms with E-state index in [4.69, 9.17) is 0 Å². The molecule has 2 aliphatic rings. The van der Waals surface area contributed by atoms with E-state index >= 15 is 0 Å². The molecule has 0 aromatic carbocycles. The Labute approximate surface area is 144 Å². The molecule has 0 amide bonds. The number of H-pyrrole nitrogens is 1. The lowest BCUT2D eigenvalue weighted by molar-refractivity contribution is 0.533. The summed E-state index contributed by atoms with van der Waals surface area (Å²) in [6.07, 6.45) is 0. The van der Waals surface area contributed by atoms with Crippen LogP contribution in [0.4, 0.5) is 16.3 Å². The molecule has 2 aromatic rings. The van der Waals surface area contributed by atoms with E-state index in [-0.39, 0.29) is 5.69 Å². The summed E-state index contributed by atoms with van der Waals surface area (Å²) in [4.78, 5) is 31.8. The normalized spacial score (nSPS) is 22.6. The number of aryl methyl sites for hydroxylation is 3. The molecule has 2 unspecified atom stereocenters. The third-order valence-electron chi connectivity index (χ3n) is 5.06. The van der Waals surface area contributed by atoms with Gasteiger partial charge in [0.05, 0.1) is 5.69 Å². The van der Waals surface area contributed by atoms with Gasteiger partial charge in [-0.3, -0.25) is 9.78 Å². The molecular formula is C17H21FN6O. The summed E-state index contributed by atoms with van der Waals surface area (Å²) in [5.74, 6) is 1.37. The van der Waals surface area contributed by atoms with Crippen LogP contribution < -0.4 is 15.4 Å². The van der Waals surface area contributed by atoms with Gasteiger partial charge < -0.3 is 9.80 Å². The summed E-state index contributed by atoms with van der Waals surface area (Å²) >= 11 is 0. The minimum Gasteiger partial charge on any atom is -0.342 e. The fourth-order valence-electron chi connectivity index (χ4n) is 3.88. The van der Waals surface area contributed by atoms with Crippen LogP contribution in [-0.4, -0.2) is 46.1 Å². The van der Waals surface area contributed by atoms with Crippen LogP contribution in [0.5, 0.6) is 0 Å². The van der Waals surface area contributed by atoms with Crippen molar-refractivity contribution in [3.8, 4) is 0 Å². The van der Waals surface area contributed by atoms with Gasteiger partial charge in [-0.1, -0.05) is 0 Å². The summed E-state index contributed by atoms with van der Waals surface area (Å²) in [5.41, 5.74) is 1.39. The monoisotopic (exact) mass is 344 g/mol. The Hall–Kier alpha value is -2.51. The lowest BCUT2D eigenvalue weighted by Gasteiger charge is -2.22. The molecule has 8 heteroatoms. The molecule has 132 valence electrons.